The number of ether oxygens (including phenoxy) is 1. The summed E-state index contributed by atoms with van der Waals surface area (Å²) in [5.41, 5.74) is 0.123. The van der Waals surface area contributed by atoms with Gasteiger partial charge < -0.3 is 30.5 Å². The van der Waals surface area contributed by atoms with Gasteiger partial charge in [-0.1, -0.05) is 6.58 Å². The van der Waals surface area contributed by atoms with Crippen LogP contribution in [0, 0.1) is 0 Å². The van der Waals surface area contributed by atoms with E-state index in [-0.39, 0.29) is 5.57 Å². The van der Waals surface area contributed by atoms with Crippen LogP contribution in [0.5, 0.6) is 0 Å². The molecule has 0 aromatic rings. The van der Waals surface area contributed by atoms with Crippen molar-refractivity contribution in [2.24, 2.45) is 0 Å². The highest BCUT2D eigenvalue weighted by atomic mass is 16.6. The van der Waals surface area contributed by atoms with E-state index in [1.54, 1.807) is 0 Å². The molecule has 102 valence electrons. The van der Waals surface area contributed by atoms with Crippen LogP contribution in [-0.2, 0) is 14.3 Å². The minimum absolute atomic E-state index is 0.123. The van der Waals surface area contributed by atoms with E-state index in [1.807, 2.05) is 0 Å². The third-order valence-electron chi connectivity index (χ3n) is 2.52. The third-order valence-corrected chi connectivity index (χ3v) is 2.52. The van der Waals surface area contributed by atoms with Gasteiger partial charge in [-0.2, -0.15) is 0 Å². The van der Waals surface area contributed by atoms with Crippen LogP contribution < -0.4 is 5.32 Å². The summed E-state index contributed by atoms with van der Waals surface area (Å²) in [7, 11) is 0. The Morgan fingerprint density at radius 1 is 1.17 bits per heavy atom. The molecule has 1 saturated heterocycles. The largest absolute Gasteiger partial charge is 0.479 e. The Morgan fingerprint density at radius 2 is 1.72 bits per heavy atom. The second kappa shape index (κ2) is 5.44. The Balaban J connectivity index is 2.82. The molecule has 0 spiro atoms. The zero-order valence-corrected chi connectivity index (χ0v) is 9.61. The van der Waals surface area contributed by atoms with E-state index < -0.39 is 42.5 Å². The van der Waals surface area contributed by atoms with Crippen LogP contribution in [0.15, 0.2) is 12.2 Å². The lowest BCUT2D eigenvalue weighted by Gasteiger charge is -2.38. The summed E-state index contributed by atoms with van der Waals surface area (Å²) < 4.78 is 4.83. The first-order valence-corrected chi connectivity index (χ1v) is 5.14. The van der Waals surface area contributed by atoms with E-state index in [2.05, 4.69) is 11.9 Å². The number of amides is 1. The molecule has 1 heterocycles. The molecule has 0 radical (unpaired) electrons. The first-order chi connectivity index (χ1) is 8.25. The maximum Gasteiger partial charge on any atom is 0.335 e. The van der Waals surface area contributed by atoms with E-state index in [0.717, 1.165) is 0 Å². The maximum absolute atomic E-state index is 11.3. The van der Waals surface area contributed by atoms with Crippen molar-refractivity contribution in [3.8, 4) is 0 Å². The summed E-state index contributed by atoms with van der Waals surface area (Å²) in [4.78, 5) is 22.1. The van der Waals surface area contributed by atoms with Crippen molar-refractivity contribution in [3.05, 3.63) is 12.2 Å². The Kier molecular flexibility index (Phi) is 4.41. The van der Waals surface area contributed by atoms with Crippen LogP contribution in [-0.4, -0.2) is 62.9 Å². The van der Waals surface area contributed by atoms with Crippen LogP contribution >= 0.6 is 0 Å². The molecule has 0 aromatic heterocycles. The number of hydrogen-bond acceptors (Lipinski definition) is 6. The second-order valence-electron chi connectivity index (χ2n) is 4.04. The van der Waals surface area contributed by atoms with Crippen molar-refractivity contribution in [3.63, 3.8) is 0 Å². The molecule has 5 atom stereocenters. The molecule has 0 saturated carbocycles. The van der Waals surface area contributed by atoms with Gasteiger partial charge in [-0.15, -0.1) is 0 Å². The van der Waals surface area contributed by atoms with Crippen molar-refractivity contribution in [2.75, 3.05) is 0 Å². The predicted octanol–water partition coefficient (Wildman–Crippen LogP) is -2.43. The van der Waals surface area contributed by atoms with E-state index in [9.17, 15) is 24.9 Å². The van der Waals surface area contributed by atoms with E-state index in [0.29, 0.717) is 0 Å². The average Bonchev–Trinajstić information content (AvgIpc) is 2.29. The molecule has 0 aliphatic carbocycles. The summed E-state index contributed by atoms with van der Waals surface area (Å²) >= 11 is 0. The van der Waals surface area contributed by atoms with E-state index >= 15 is 0 Å². The number of rotatable bonds is 3. The number of aliphatic hydroxyl groups excluding tert-OH is 3. The molecule has 1 fully saturated rings. The standard InChI is InChI=1S/C10H15NO7/c1-3(2)8(15)11-9-6(14)4(12)5(13)7(18-9)10(16)17/h4-7,9,12-14H,1H2,2H3,(H,11,15)(H,16,17)/t4-,5-,6+,7-,9+/m0/s1. The molecular weight excluding hydrogens is 246 g/mol. The number of aliphatic hydroxyl groups is 3. The Labute approximate surface area is 102 Å². The van der Waals surface area contributed by atoms with Gasteiger partial charge >= 0.3 is 5.97 Å². The van der Waals surface area contributed by atoms with Crippen molar-refractivity contribution in [1.29, 1.82) is 0 Å². The summed E-state index contributed by atoms with van der Waals surface area (Å²) in [5.74, 6) is -2.17. The highest BCUT2D eigenvalue weighted by Crippen LogP contribution is 2.20. The average molecular weight is 261 g/mol. The van der Waals surface area contributed by atoms with Crippen LogP contribution in [0.1, 0.15) is 6.92 Å². The van der Waals surface area contributed by atoms with Crippen molar-refractivity contribution in [2.45, 2.75) is 37.6 Å². The van der Waals surface area contributed by atoms with Gasteiger partial charge in [-0.05, 0) is 6.92 Å². The van der Waals surface area contributed by atoms with Gasteiger partial charge in [-0.25, -0.2) is 4.79 Å². The third kappa shape index (κ3) is 2.85. The van der Waals surface area contributed by atoms with Gasteiger partial charge in [0.25, 0.3) is 0 Å². The Bertz CT molecular complexity index is 369. The topological polar surface area (TPSA) is 136 Å². The first kappa shape index (κ1) is 14.6. The minimum atomic E-state index is -1.78. The summed E-state index contributed by atoms with van der Waals surface area (Å²) in [6.45, 7) is 4.76. The molecule has 1 aliphatic heterocycles. The highest BCUT2D eigenvalue weighted by Gasteiger charge is 2.47. The smallest absolute Gasteiger partial charge is 0.335 e. The van der Waals surface area contributed by atoms with Crippen LogP contribution in [0.2, 0.25) is 0 Å². The lowest BCUT2D eigenvalue weighted by Crippen LogP contribution is -2.64. The summed E-state index contributed by atoms with van der Waals surface area (Å²) in [6.07, 6.45) is -8.34. The van der Waals surface area contributed by atoms with Crippen LogP contribution in [0.25, 0.3) is 0 Å². The number of hydrogen-bond donors (Lipinski definition) is 5. The van der Waals surface area contributed by atoms with Gasteiger partial charge in [0.1, 0.15) is 18.3 Å². The fourth-order valence-electron chi connectivity index (χ4n) is 1.46. The van der Waals surface area contributed by atoms with Gasteiger partial charge in [0.05, 0.1) is 0 Å². The summed E-state index contributed by atoms with van der Waals surface area (Å²) in [5, 5.41) is 39.4. The van der Waals surface area contributed by atoms with Crippen LogP contribution in [0.3, 0.4) is 0 Å². The Hall–Kier alpha value is -1.48. The molecule has 0 unspecified atom stereocenters. The Morgan fingerprint density at radius 3 is 2.17 bits per heavy atom. The molecule has 1 amide bonds. The molecular formula is C10H15NO7. The lowest BCUT2D eigenvalue weighted by atomic mass is 9.98. The van der Waals surface area contributed by atoms with E-state index in [1.165, 1.54) is 6.92 Å². The SMILES string of the molecule is C=C(C)C(=O)N[C@@H]1O[C@H](C(=O)O)[C@@H](O)[C@H](O)[C@H]1O. The van der Waals surface area contributed by atoms with Crippen LogP contribution in [0.4, 0.5) is 0 Å². The predicted molar refractivity (Wildman–Crippen MR) is 57.3 cm³/mol. The first-order valence-electron chi connectivity index (χ1n) is 5.14. The number of aliphatic carboxylic acids is 1. The van der Waals surface area contributed by atoms with E-state index in [4.69, 9.17) is 9.84 Å². The quantitative estimate of drug-likeness (QED) is 0.356. The number of carboxylic acids is 1. The number of carboxylic acid groups (broad SMARTS) is 1. The minimum Gasteiger partial charge on any atom is -0.479 e. The van der Waals surface area contributed by atoms with Gasteiger partial charge in [0.2, 0.25) is 5.91 Å². The van der Waals surface area contributed by atoms with Crippen molar-refractivity contribution >= 4 is 11.9 Å². The number of carbonyl (C=O) groups is 2. The van der Waals surface area contributed by atoms with Crippen molar-refractivity contribution in [1.82, 2.24) is 5.32 Å². The molecule has 8 heteroatoms. The molecule has 0 aromatic carbocycles. The highest BCUT2D eigenvalue weighted by molar-refractivity contribution is 5.92. The molecule has 8 nitrogen and oxygen atoms in total. The number of nitrogens with one attached hydrogen (secondary N) is 1. The van der Waals surface area contributed by atoms with Gasteiger partial charge in [-0.3, -0.25) is 4.79 Å². The zero-order valence-electron chi connectivity index (χ0n) is 9.61. The summed E-state index contributed by atoms with van der Waals surface area (Å²) in [6, 6.07) is 0. The lowest BCUT2D eigenvalue weighted by molar-refractivity contribution is -0.233. The van der Waals surface area contributed by atoms with Gasteiger partial charge in [0, 0.05) is 5.57 Å². The fourth-order valence-corrected chi connectivity index (χ4v) is 1.46. The molecule has 1 rings (SSSR count). The normalized spacial score (nSPS) is 35.9. The van der Waals surface area contributed by atoms with Gasteiger partial charge in [0.15, 0.2) is 12.3 Å². The second-order valence-corrected chi connectivity index (χ2v) is 4.04. The molecule has 1 aliphatic rings. The monoisotopic (exact) mass is 261 g/mol. The fraction of sp³-hybridized carbons (Fsp3) is 0.600. The molecule has 5 N–H and O–H groups in total. The zero-order chi connectivity index (χ0) is 14.0. The maximum atomic E-state index is 11.3. The molecule has 18 heavy (non-hydrogen) atoms. The van der Waals surface area contributed by atoms with Crippen molar-refractivity contribution < 1.29 is 34.8 Å². The number of carbonyl (C=O) groups excluding carboxylic acids is 1. The molecule has 0 bridgehead atoms.